The van der Waals surface area contributed by atoms with Crippen LogP contribution in [-0.4, -0.2) is 11.5 Å². The molecule has 1 unspecified atom stereocenters. The second-order valence-corrected chi connectivity index (χ2v) is 6.01. The average molecular weight is 333 g/mol. The number of aryl methyl sites for hydroxylation is 1. The number of nitrogens with zero attached hydrogens (tertiary/aromatic N) is 1. The summed E-state index contributed by atoms with van der Waals surface area (Å²) in [6, 6.07) is 13.0. The van der Waals surface area contributed by atoms with Gasteiger partial charge in [-0.2, -0.15) is 0 Å². The van der Waals surface area contributed by atoms with Crippen molar-refractivity contribution in [3.63, 3.8) is 0 Å². The molecule has 0 amide bonds. The lowest BCUT2D eigenvalue weighted by atomic mass is 9.99. The van der Waals surface area contributed by atoms with Gasteiger partial charge in [-0.3, -0.25) is 4.98 Å². The number of benzene rings is 1. The highest BCUT2D eigenvalue weighted by Gasteiger charge is 2.13. The maximum Gasteiger partial charge on any atom is 0.0422 e. The van der Waals surface area contributed by atoms with Gasteiger partial charge in [0.15, 0.2) is 0 Å². The van der Waals surface area contributed by atoms with Gasteiger partial charge in [0.1, 0.15) is 0 Å². The minimum atomic E-state index is 0.307. The molecule has 0 aliphatic rings. The minimum absolute atomic E-state index is 0.307. The summed E-state index contributed by atoms with van der Waals surface area (Å²) in [7, 11) is 0. The minimum Gasteiger partial charge on any atom is -0.310 e. The highest BCUT2D eigenvalue weighted by molar-refractivity contribution is 9.10. The van der Waals surface area contributed by atoms with Crippen molar-refractivity contribution in [2.45, 2.75) is 32.7 Å². The van der Waals surface area contributed by atoms with E-state index in [-0.39, 0.29) is 0 Å². The van der Waals surface area contributed by atoms with Gasteiger partial charge < -0.3 is 5.32 Å². The van der Waals surface area contributed by atoms with Crippen LogP contribution >= 0.6 is 15.9 Å². The van der Waals surface area contributed by atoms with E-state index in [0.29, 0.717) is 6.04 Å². The first kappa shape index (κ1) is 15.2. The van der Waals surface area contributed by atoms with Crippen LogP contribution in [0.3, 0.4) is 0 Å². The molecule has 1 heterocycles. The van der Waals surface area contributed by atoms with Crippen LogP contribution in [-0.2, 0) is 6.42 Å². The van der Waals surface area contributed by atoms with Gasteiger partial charge in [-0.25, -0.2) is 0 Å². The number of nitrogens with one attached hydrogen (secondary N) is 1. The SMILES string of the molecule is CCCNC(Cc1ccccn1)c1cc(C)cc(Br)c1. The van der Waals surface area contributed by atoms with E-state index in [1.165, 1.54) is 11.1 Å². The van der Waals surface area contributed by atoms with Crippen molar-refractivity contribution in [1.82, 2.24) is 10.3 Å². The standard InChI is InChI=1S/C17H21BrN2/c1-3-7-20-17(12-16-6-4-5-8-19-16)14-9-13(2)10-15(18)11-14/h4-6,8-11,17,20H,3,7,12H2,1-2H3. The normalized spacial score (nSPS) is 12.3. The number of pyridine rings is 1. The zero-order chi connectivity index (χ0) is 14.4. The number of hydrogen-bond donors (Lipinski definition) is 1. The number of halogens is 1. The van der Waals surface area contributed by atoms with E-state index in [1.807, 2.05) is 18.3 Å². The summed E-state index contributed by atoms with van der Waals surface area (Å²) in [6.45, 7) is 5.34. The van der Waals surface area contributed by atoms with Gasteiger partial charge in [-0.1, -0.05) is 35.0 Å². The molecule has 2 nitrogen and oxygen atoms in total. The molecule has 1 N–H and O–H groups in total. The quantitative estimate of drug-likeness (QED) is 0.846. The van der Waals surface area contributed by atoms with Crippen LogP contribution in [0.1, 0.15) is 36.2 Å². The molecule has 1 aromatic carbocycles. The van der Waals surface area contributed by atoms with Crippen LogP contribution in [0.5, 0.6) is 0 Å². The van der Waals surface area contributed by atoms with E-state index in [2.05, 4.69) is 64.3 Å². The van der Waals surface area contributed by atoms with Crippen LogP contribution in [0.15, 0.2) is 47.1 Å². The molecule has 2 aromatic rings. The van der Waals surface area contributed by atoms with Gasteiger partial charge in [0.25, 0.3) is 0 Å². The van der Waals surface area contributed by atoms with Crippen LogP contribution in [0, 0.1) is 6.92 Å². The summed E-state index contributed by atoms with van der Waals surface area (Å²) in [5.41, 5.74) is 3.72. The molecule has 0 saturated carbocycles. The number of rotatable bonds is 6. The van der Waals surface area contributed by atoms with Crippen molar-refractivity contribution < 1.29 is 0 Å². The van der Waals surface area contributed by atoms with Gasteiger partial charge in [0.2, 0.25) is 0 Å². The van der Waals surface area contributed by atoms with E-state index in [1.54, 1.807) is 0 Å². The van der Waals surface area contributed by atoms with Crippen molar-refractivity contribution in [3.05, 3.63) is 63.9 Å². The average Bonchev–Trinajstić information content (AvgIpc) is 2.43. The van der Waals surface area contributed by atoms with Crippen molar-refractivity contribution >= 4 is 15.9 Å². The Balaban J connectivity index is 2.22. The van der Waals surface area contributed by atoms with Gasteiger partial charge in [0, 0.05) is 28.8 Å². The lowest BCUT2D eigenvalue weighted by Crippen LogP contribution is -2.24. The van der Waals surface area contributed by atoms with E-state index >= 15 is 0 Å². The molecule has 0 aliphatic heterocycles. The summed E-state index contributed by atoms with van der Waals surface area (Å²) in [5.74, 6) is 0. The Labute approximate surface area is 129 Å². The lowest BCUT2D eigenvalue weighted by molar-refractivity contribution is 0.524. The molecule has 2 rings (SSSR count). The summed E-state index contributed by atoms with van der Waals surface area (Å²) < 4.78 is 1.14. The van der Waals surface area contributed by atoms with E-state index in [9.17, 15) is 0 Å². The fourth-order valence-corrected chi connectivity index (χ4v) is 2.95. The second-order valence-electron chi connectivity index (χ2n) is 5.09. The molecule has 0 aliphatic carbocycles. The third kappa shape index (κ3) is 4.43. The molecule has 0 spiro atoms. The van der Waals surface area contributed by atoms with Crippen molar-refractivity contribution in [1.29, 1.82) is 0 Å². The Hall–Kier alpha value is -1.19. The lowest BCUT2D eigenvalue weighted by Gasteiger charge is -2.19. The first-order chi connectivity index (χ1) is 9.69. The second kappa shape index (κ2) is 7.55. The highest BCUT2D eigenvalue weighted by atomic mass is 79.9. The van der Waals surface area contributed by atoms with Gasteiger partial charge in [0.05, 0.1) is 0 Å². The molecular formula is C17H21BrN2. The van der Waals surface area contributed by atoms with E-state index < -0.39 is 0 Å². The van der Waals surface area contributed by atoms with Crippen LogP contribution in [0.2, 0.25) is 0 Å². The van der Waals surface area contributed by atoms with E-state index in [0.717, 1.165) is 29.6 Å². The molecule has 0 bridgehead atoms. The van der Waals surface area contributed by atoms with Crippen molar-refractivity contribution in [2.24, 2.45) is 0 Å². The van der Waals surface area contributed by atoms with Crippen molar-refractivity contribution in [2.75, 3.05) is 6.54 Å². The van der Waals surface area contributed by atoms with Crippen LogP contribution in [0.25, 0.3) is 0 Å². The molecule has 1 aromatic heterocycles. The zero-order valence-corrected chi connectivity index (χ0v) is 13.7. The third-order valence-corrected chi connectivity index (χ3v) is 3.70. The maximum atomic E-state index is 4.45. The fourth-order valence-electron chi connectivity index (χ4n) is 2.32. The summed E-state index contributed by atoms with van der Waals surface area (Å²) in [5, 5.41) is 3.63. The molecule has 106 valence electrons. The van der Waals surface area contributed by atoms with E-state index in [4.69, 9.17) is 0 Å². The fraction of sp³-hybridized carbons (Fsp3) is 0.353. The van der Waals surface area contributed by atoms with Crippen LogP contribution in [0.4, 0.5) is 0 Å². The van der Waals surface area contributed by atoms with Crippen LogP contribution < -0.4 is 5.32 Å². The summed E-state index contributed by atoms with van der Waals surface area (Å²) in [4.78, 5) is 4.45. The Morgan fingerprint density at radius 3 is 2.75 bits per heavy atom. The molecule has 0 radical (unpaired) electrons. The predicted octanol–water partition coefficient (Wildman–Crippen LogP) is 4.44. The van der Waals surface area contributed by atoms with Gasteiger partial charge >= 0.3 is 0 Å². The first-order valence-electron chi connectivity index (χ1n) is 7.09. The smallest absolute Gasteiger partial charge is 0.0422 e. The van der Waals surface area contributed by atoms with Gasteiger partial charge in [-0.15, -0.1) is 0 Å². The Bertz CT molecular complexity index is 520. The Morgan fingerprint density at radius 1 is 1.25 bits per heavy atom. The molecule has 3 heteroatoms. The first-order valence-corrected chi connectivity index (χ1v) is 7.88. The Morgan fingerprint density at radius 2 is 2.10 bits per heavy atom. The topological polar surface area (TPSA) is 24.9 Å². The summed E-state index contributed by atoms with van der Waals surface area (Å²) in [6.07, 6.45) is 3.90. The Kier molecular flexibility index (Phi) is 5.74. The zero-order valence-electron chi connectivity index (χ0n) is 12.1. The monoisotopic (exact) mass is 332 g/mol. The van der Waals surface area contributed by atoms with Gasteiger partial charge in [-0.05, 0) is 55.3 Å². The maximum absolute atomic E-state index is 4.45. The number of aromatic nitrogens is 1. The third-order valence-electron chi connectivity index (χ3n) is 3.25. The molecular weight excluding hydrogens is 312 g/mol. The molecule has 0 saturated heterocycles. The highest BCUT2D eigenvalue weighted by Crippen LogP contribution is 2.23. The molecule has 1 atom stereocenters. The predicted molar refractivity (Wildman–Crippen MR) is 87.9 cm³/mol. The molecule has 0 fully saturated rings. The largest absolute Gasteiger partial charge is 0.310 e. The van der Waals surface area contributed by atoms with Crippen molar-refractivity contribution in [3.8, 4) is 0 Å². The summed E-state index contributed by atoms with van der Waals surface area (Å²) >= 11 is 3.59. The molecule has 20 heavy (non-hydrogen) atoms. The number of hydrogen-bond acceptors (Lipinski definition) is 2.